The number of aryl methyl sites for hydroxylation is 1. The average molecular weight is 184 g/mol. The van der Waals surface area contributed by atoms with Crippen LogP contribution in [0.25, 0.3) is 11.8 Å². The number of para-hydroxylation sites is 1. The van der Waals surface area contributed by atoms with Gasteiger partial charge in [-0.05, 0) is 31.2 Å². The molecule has 0 saturated carbocycles. The fourth-order valence-corrected chi connectivity index (χ4v) is 1.43. The highest BCUT2D eigenvalue weighted by Gasteiger charge is 2.02. The van der Waals surface area contributed by atoms with Gasteiger partial charge in [-0.25, -0.2) is 4.68 Å². The van der Waals surface area contributed by atoms with Gasteiger partial charge < -0.3 is 0 Å². The second-order valence-corrected chi connectivity index (χ2v) is 3.16. The van der Waals surface area contributed by atoms with Crippen LogP contribution in [-0.2, 0) is 0 Å². The zero-order chi connectivity index (χ0) is 9.97. The lowest BCUT2D eigenvalue weighted by atomic mass is 10.3. The molecule has 0 unspecified atom stereocenters. The molecule has 1 heterocycles. The van der Waals surface area contributed by atoms with Crippen LogP contribution < -0.4 is 0 Å². The molecule has 0 N–H and O–H groups in total. The number of hydrogen-bond donors (Lipinski definition) is 0. The van der Waals surface area contributed by atoms with E-state index in [1.807, 2.05) is 48.0 Å². The number of nitrogens with zero attached hydrogens (tertiary/aromatic N) is 2. The SMILES string of the molecule is C=Cc1cc(C)n(-c2ccccc2)n1. The van der Waals surface area contributed by atoms with Crippen LogP contribution in [0.5, 0.6) is 0 Å². The Hall–Kier alpha value is -1.83. The molecule has 2 aromatic rings. The maximum absolute atomic E-state index is 4.40. The highest BCUT2D eigenvalue weighted by molar-refractivity contribution is 5.44. The zero-order valence-electron chi connectivity index (χ0n) is 8.14. The Morgan fingerprint density at radius 2 is 2.00 bits per heavy atom. The molecule has 70 valence electrons. The Labute approximate surface area is 83.5 Å². The van der Waals surface area contributed by atoms with Gasteiger partial charge in [0.25, 0.3) is 0 Å². The Kier molecular flexibility index (Phi) is 2.19. The fourth-order valence-electron chi connectivity index (χ4n) is 1.43. The van der Waals surface area contributed by atoms with E-state index in [1.54, 1.807) is 6.08 Å². The molecular weight excluding hydrogens is 172 g/mol. The average Bonchev–Trinajstić information content (AvgIpc) is 2.61. The van der Waals surface area contributed by atoms with Gasteiger partial charge in [0.05, 0.1) is 11.4 Å². The molecule has 0 spiro atoms. The number of benzene rings is 1. The first-order valence-corrected chi connectivity index (χ1v) is 4.56. The number of aromatic nitrogens is 2. The predicted molar refractivity (Wildman–Crippen MR) is 58.4 cm³/mol. The van der Waals surface area contributed by atoms with Crippen LogP contribution in [0.3, 0.4) is 0 Å². The van der Waals surface area contributed by atoms with E-state index in [0.717, 1.165) is 17.1 Å². The predicted octanol–water partition coefficient (Wildman–Crippen LogP) is 2.82. The van der Waals surface area contributed by atoms with Crippen LogP contribution in [0.1, 0.15) is 11.4 Å². The molecule has 0 radical (unpaired) electrons. The minimum atomic E-state index is 0.909. The normalized spacial score (nSPS) is 10.1. The lowest BCUT2D eigenvalue weighted by Gasteiger charge is -2.02. The molecule has 2 rings (SSSR count). The highest BCUT2D eigenvalue weighted by Crippen LogP contribution is 2.11. The third-order valence-electron chi connectivity index (χ3n) is 2.12. The molecule has 0 atom stereocenters. The van der Waals surface area contributed by atoms with Crippen LogP contribution in [-0.4, -0.2) is 9.78 Å². The first kappa shape index (κ1) is 8.75. The summed E-state index contributed by atoms with van der Waals surface area (Å²) >= 11 is 0. The lowest BCUT2D eigenvalue weighted by molar-refractivity contribution is 0.843. The maximum Gasteiger partial charge on any atom is 0.0852 e. The van der Waals surface area contributed by atoms with Gasteiger partial charge in [0.15, 0.2) is 0 Å². The molecule has 0 fully saturated rings. The van der Waals surface area contributed by atoms with Crippen molar-refractivity contribution in [3.63, 3.8) is 0 Å². The van der Waals surface area contributed by atoms with E-state index in [2.05, 4.69) is 11.7 Å². The first-order chi connectivity index (χ1) is 6.81. The van der Waals surface area contributed by atoms with Crippen molar-refractivity contribution in [2.24, 2.45) is 0 Å². The lowest BCUT2D eigenvalue weighted by Crippen LogP contribution is -1.97. The molecule has 0 saturated heterocycles. The van der Waals surface area contributed by atoms with Crippen LogP contribution in [0.2, 0.25) is 0 Å². The van der Waals surface area contributed by atoms with Gasteiger partial charge in [-0.2, -0.15) is 5.10 Å². The van der Waals surface area contributed by atoms with E-state index in [9.17, 15) is 0 Å². The molecule has 1 aromatic heterocycles. The molecule has 0 bridgehead atoms. The molecule has 1 aromatic carbocycles. The summed E-state index contributed by atoms with van der Waals surface area (Å²) in [6.07, 6.45) is 1.76. The maximum atomic E-state index is 4.40. The smallest absolute Gasteiger partial charge is 0.0852 e. The van der Waals surface area contributed by atoms with Gasteiger partial charge >= 0.3 is 0 Å². The Balaban J connectivity index is 2.51. The summed E-state index contributed by atoms with van der Waals surface area (Å²) in [5.74, 6) is 0. The van der Waals surface area contributed by atoms with Crippen molar-refractivity contribution in [2.45, 2.75) is 6.92 Å². The van der Waals surface area contributed by atoms with Crippen molar-refractivity contribution in [3.05, 3.63) is 54.4 Å². The Morgan fingerprint density at radius 3 is 2.57 bits per heavy atom. The largest absolute Gasteiger partial charge is 0.238 e. The summed E-state index contributed by atoms with van der Waals surface area (Å²) < 4.78 is 1.91. The first-order valence-electron chi connectivity index (χ1n) is 4.56. The van der Waals surface area contributed by atoms with Crippen molar-refractivity contribution in [1.82, 2.24) is 9.78 Å². The third-order valence-corrected chi connectivity index (χ3v) is 2.12. The van der Waals surface area contributed by atoms with Crippen molar-refractivity contribution in [3.8, 4) is 5.69 Å². The van der Waals surface area contributed by atoms with E-state index >= 15 is 0 Å². The summed E-state index contributed by atoms with van der Waals surface area (Å²) in [4.78, 5) is 0. The second-order valence-electron chi connectivity index (χ2n) is 3.16. The van der Waals surface area contributed by atoms with Gasteiger partial charge in [-0.15, -0.1) is 0 Å². The molecule has 2 nitrogen and oxygen atoms in total. The van der Waals surface area contributed by atoms with Gasteiger partial charge in [-0.1, -0.05) is 24.8 Å². The quantitative estimate of drug-likeness (QED) is 0.701. The fraction of sp³-hybridized carbons (Fsp3) is 0.0833. The van der Waals surface area contributed by atoms with Crippen LogP contribution in [0.4, 0.5) is 0 Å². The van der Waals surface area contributed by atoms with E-state index in [0.29, 0.717) is 0 Å². The standard InChI is InChI=1S/C12H12N2/c1-3-11-9-10(2)14(13-11)12-7-5-4-6-8-12/h3-9H,1H2,2H3. The summed E-state index contributed by atoms with van der Waals surface area (Å²) in [5.41, 5.74) is 3.11. The minimum Gasteiger partial charge on any atom is -0.238 e. The molecular formula is C12H12N2. The van der Waals surface area contributed by atoms with E-state index in [1.165, 1.54) is 0 Å². The molecule has 0 aliphatic carbocycles. The van der Waals surface area contributed by atoms with Crippen LogP contribution in [0, 0.1) is 6.92 Å². The summed E-state index contributed by atoms with van der Waals surface area (Å²) in [7, 11) is 0. The summed E-state index contributed by atoms with van der Waals surface area (Å²) in [6, 6.07) is 12.1. The second kappa shape index (κ2) is 3.50. The van der Waals surface area contributed by atoms with E-state index < -0.39 is 0 Å². The van der Waals surface area contributed by atoms with Crippen molar-refractivity contribution in [1.29, 1.82) is 0 Å². The molecule has 0 aliphatic heterocycles. The number of rotatable bonds is 2. The van der Waals surface area contributed by atoms with Crippen LogP contribution >= 0.6 is 0 Å². The van der Waals surface area contributed by atoms with Crippen LogP contribution in [0.15, 0.2) is 43.0 Å². The Morgan fingerprint density at radius 1 is 1.29 bits per heavy atom. The highest BCUT2D eigenvalue weighted by atomic mass is 15.3. The third kappa shape index (κ3) is 1.46. The van der Waals surface area contributed by atoms with Gasteiger partial charge in [0.2, 0.25) is 0 Å². The monoisotopic (exact) mass is 184 g/mol. The number of hydrogen-bond acceptors (Lipinski definition) is 1. The minimum absolute atomic E-state index is 0.909. The van der Waals surface area contributed by atoms with E-state index in [-0.39, 0.29) is 0 Å². The molecule has 14 heavy (non-hydrogen) atoms. The van der Waals surface area contributed by atoms with Crippen molar-refractivity contribution < 1.29 is 0 Å². The Bertz CT molecular complexity index is 441. The van der Waals surface area contributed by atoms with Gasteiger partial charge in [-0.3, -0.25) is 0 Å². The molecule has 2 heteroatoms. The summed E-state index contributed by atoms with van der Waals surface area (Å²) in [6.45, 7) is 5.74. The zero-order valence-corrected chi connectivity index (χ0v) is 8.14. The topological polar surface area (TPSA) is 17.8 Å². The van der Waals surface area contributed by atoms with Crippen molar-refractivity contribution >= 4 is 6.08 Å². The van der Waals surface area contributed by atoms with Gasteiger partial charge in [0.1, 0.15) is 0 Å². The summed E-state index contributed by atoms with van der Waals surface area (Å²) in [5, 5.41) is 4.40. The van der Waals surface area contributed by atoms with Crippen molar-refractivity contribution in [2.75, 3.05) is 0 Å². The molecule has 0 amide bonds. The van der Waals surface area contributed by atoms with E-state index in [4.69, 9.17) is 0 Å². The molecule has 0 aliphatic rings. The van der Waals surface area contributed by atoms with Gasteiger partial charge in [0, 0.05) is 5.69 Å².